The van der Waals surface area contributed by atoms with Crippen LogP contribution in [0.15, 0.2) is 24.4 Å². The highest BCUT2D eigenvalue weighted by Gasteiger charge is 2.32. The zero-order valence-corrected chi connectivity index (χ0v) is 13.6. The molecule has 2 atom stereocenters. The molecule has 2 aliphatic rings. The lowest BCUT2D eigenvalue weighted by atomic mass is 10.1. The Morgan fingerprint density at radius 3 is 2.74 bits per heavy atom. The molecule has 1 aliphatic heterocycles. The van der Waals surface area contributed by atoms with Gasteiger partial charge in [0, 0.05) is 18.7 Å². The topological polar surface area (TPSA) is 67.7 Å². The molecule has 2 N–H and O–H groups in total. The summed E-state index contributed by atoms with van der Waals surface area (Å²) in [5.74, 6) is 2.66. The summed E-state index contributed by atoms with van der Waals surface area (Å²) in [6, 6.07) is 6.45. The van der Waals surface area contributed by atoms with E-state index in [-0.39, 0.29) is 12.1 Å². The number of rotatable bonds is 4. The molecule has 0 amide bonds. The zero-order valence-electron chi connectivity index (χ0n) is 13.6. The van der Waals surface area contributed by atoms with E-state index in [0.29, 0.717) is 5.92 Å². The van der Waals surface area contributed by atoms with Crippen LogP contribution in [-0.4, -0.2) is 19.7 Å². The van der Waals surface area contributed by atoms with Gasteiger partial charge in [0.2, 0.25) is 0 Å². The molecular weight excluding hydrogens is 288 g/mol. The molecule has 2 fully saturated rings. The number of nitrogens with zero attached hydrogens (tertiary/aromatic N) is 4. The third-order valence-electron chi connectivity index (χ3n) is 5.00. The second kappa shape index (κ2) is 6.37. The lowest BCUT2D eigenvalue weighted by Gasteiger charge is -2.09. The minimum atomic E-state index is 0.185. The van der Waals surface area contributed by atoms with Gasteiger partial charge >= 0.3 is 0 Å². The smallest absolute Gasteiger partial charge is 0.154 e. The molecule has 2 unspecified atom stereocenters. The van der Waals surface area contributed by atoms with Gasteiger partial charge in [-0.3, -0.25) is 4.98 Å². The van der Waals surface area contributed by atoms with Gasteiger partial charge in [-0.05, 0) is 38.3 Å². The summed E-state index contributed by atoms with van der Waals surface area (Å²) < 4.78 is 2.06. The van der Waals surface area contributed by atoms with Crippen LogP contribution in [0.25, 0.3) is 0 Å². The summed E-state index contributed by atoms with van der Waals surface area (Å²) in [6.07, 6.45) is 7.88. The van der Waals surface area contributed by atoms with Gasteiger partial charge in [0.1, 0.15) is 5.82 Å². The fourth-order valence-corrected chi connectivity index (χ4v) is 3.72. The van der Waals surface area contributed by atoms with Gasteiger partial charge in [-0.1, -0.05) is 18.9 Å². The van der Waals surface area contributed by atoms with E-state index in [2.05, 4.69) is 33.5 Å². The zero-order chi connectivity index (χ0) is 15.6. The van der Waals surface area contributed by atoms with Crippen LogP contribution in [0.1, 0.15) is 74.4 Å². The fourth-order valence-electron chi connectivity index (χ4n) is 3.72. The van der Waals surface area contributed by atoms with Crippen molar-refractivity contribution in [2.75, 3.05) is 0 Å². The van der Waals surface area contributed by atoms with Crippen LogP contribution in [0.2, 0.25) is 0 Å². The highest BCUT2D eigenvalue weighted by Crippen LogP contribution is 2.34. The van der Waals surface area contributed by atoms with Crippen LogP contribution in [0.5, 0.6) is 0 Å². The molecule has 1 saturated heterocycles. The maximum atomic E-state index is 4.90. The SMILES string of the molecule is CCn1nc(C2CCCC2)nc1C1CC(c2ccccn2)NN1. The van der Waals surface area contributed by atoms with Gasteiger partial charge in [0.05, 0.1) is 17.8 Å². The van der Waals surface area contributed by atoms with E-state index >= 15 is 0 Å². The molecule has 3 heterocycles. The summed E-state index contributed by atoms with van der Waals surface area (Å²) in [7, 11) is 0. The Kier molecular flexibility index (Phi) is 4.10. The molecular formula is C17H24N6. The van der Waals surface area contributed by atoms with Gasteiger partial charge in [0.25, 0.3) is 0 Å². The molecule has 2 aromatic rings. The average Bonchev–Trinajstić information content (AvgIpc) is 3.33. The monoisotopic (exact) mass is 312 g/mol. The predicted molar refractivity (Wildman–Crippen MR) is 87.5 cm³/mol. The Labute approximate surface area is 136 Å². The number of pyridine rings is 1. The minimum absolute atomic E-state index is 0.185. The second-order valence-corrected chi connectivity index (χ2v) is 6.51. The maximum absolute atomic E-state index is 4.90. The van der Waals surface area contributed by atoms with Crippen LogP contribution >= 0.6 is 0 Å². The van der Waals surface area contributed by atoms with E-state index in [4.69, 9.17) is 10.1 Å². The first-order valence-corrected chi connectivity index (χ1v) is 8.71. The number of aryl methyl sites for hydroxylation is 1. The number of hydrogen-bond donors (Lipinski definition) is 2. The predicted octanol–water partition coefficient (Wildman–Crippen LogP) is 2.63. The highest BCUT2D eigenvalue weighted by atomic mass is 15.5. The summed E-state index contributed by atoms with van der Waals surface area (Å²) in [5.41, 5.74) is 7.82. The summed E-state index contributed by atoms with van der Waals surface area (Å²) >= 11 is 0. The summed E-state index contributed by atoms with van der Waals surface area (Å²) in [6.45, 7) is 3.00. The van der Waals surface area contributed by atoms with Gasteiger partial charge in [-0.25, -0.2) is 20.5 Å². The molecule has 0 radical (unpaired) electrons. The van der Waals surface area contributed by atoms with Crippen LogP contribution in [0, 0.1) is 0 Å². The highest BCUT2D eigenvalue weighted by molar-refractivity contribution is 5.13. The lowest BCUT2D eigenvalue weighted by molar-refractivity contribution is 0.500. The number of hydrazine groups is 1. The lowest BCUT2D eigenvalue weighted by Crippen LogP contribution is -2.28. The Balaban J connectivity index is 1.54. The van der Waals surface area contributed by atoms with E-state index in [9.17, 15) is 0 Å². The van der Waals surface area contributed by atoms with Crippen LogP contribution < -0.4 is 10.9 Å². The minimum Gasteiger partial charge on any atom is -0.260 e. The number of aromatic nitrogens is 4. The number of hydrogen-bond acceptors (Lipinski definition) is 5. The summed E-state index contributed by atoms with van der Waals surface area (Å²) in [4.78, 5) is 9.36. The molecule has 0 aromatic carbocycles. The van der Waals surface area contributed by atoms with Crippen LogP contribution in [0.4, 0.5) is 0 Å². The maximum Gasteiger partial charge on any atom is 0.154 e. The fraction of sp³-hybridized carbons (Fsp3) is 0.588. The van der Waals surface area contributed by atoms with Gasteiger partial charge in [-0.15, -0.1) is 0 Å². The Hall–Kier alpha value is -1.79. The molecule has 23 heavy (non-hydrogen) atoms. The molecule has 1 aliphatic carbocycles. The normalized spacial score (nSPS) is 25.3. The van der Waals surface area contributed by atoms with E-state index in [1.165, 1.54) is 25.7 Å². The Bertz CT molecular complexity index is 646. The largest absolute Gasteiger partial charge is 0.260 e. The molecule has 2 aromatic heterocycles. The standard InChI is InChI=1S/C17H24N6/c1-2-23-17(19-16(22-23)12-7-3-4-8-12)15-11-14(20-21-15)13-9-5-6-10-18-13/h5-6,9-10,12,14-15,20-21H,2-4,7-8,11H2,1H3. The van der Waals surface area contributed by atoms with Crippen LogP contribution in [-0.2, 0) is 6.54 Å². The van der Waals surface area contributed by atoms with Gasteiger partial charge in [0.15, 0.2) is 5.82 Å². The van der Waals surface area contributed by atoms with Crippen molar-refractivity contribution in [2.45, 2.75) is 63.6 Å². The quantitative estimate of drug-likeness (QED) is 0.908. The van der Waals surface area contributed by atoms with E-state index in [1.807, 2.05) is 18.3 Å². The van der Waals surface area contributed by atoms with Crippen molar-refractivity contribution in [3.63, 3.8) is 0 Å². The van der Waals surface area contributed by atoms with Gasteiger partial charge < -0.3 is 0 Å². The molecule has 6 nitrogen and oxygen atoms in total. The van der Waals surface area contributed by atoms with E-state index < -0.39 is 0 Å². The van der Waals surface area contributed by atoms with Crippen LogP contribution in [0.3, 0.4) is 0 Å². The molecule has 6 heteroatoms. The molecule has 1 saturated carbocycles. The van der Waals surface area contributed by atoms with Gasteiger partial charge in [-0.2, -0.15) is 5.10 Å². The molecule has 4 rings (SSSR count). The van der Waals surface area contributed by atoms with E-state index in [1.54, 1.807) is 0 Å². The Morgan fingerprint density at radius 2 is 2.00 bits per heavy atom. The van der Waals surface area contributed by atoms with Crippen molar-refractivity contribution >= 4 is 0 Å². The van der Waals surface area contributed by atoms with Crippen molar-refractivity contribution in [1.29, 1.82) is 0 Å². The van der Waals surface area contributed by atoms with Crippen molar-refractivity contribution in [1.82, 2.24) is 30.6 Å². The first kappa shape index (κ1) is 14.8. The molecule has 0 spiro atoms. The Morgan fingerprint density at radius 1 is 1.17 bits per heavy atom. The first-order chi connectivity index (χ1) is 11.3. The molecule has 122 valence electrons. The van der Waals surface area contributed by atoms with Crippen molar-refractivity contribution < 1.29 is 0 Å². The third kappa shape index (κ3) is 2.88. The average molecular weight is 312 g/mol. The molecule has 0 bridgehead atoms. The second-order valence-electron chi connectivity index (χ2n) is 6.51. The first-order valence-electron chi connectivity index (χ1n) is 8.71. The number of nitrogens with one attached hydrogen (secondary N) is 2. The van der Waals surface area contributed by atoms with E-state index in [0.717, 1.165) is 30.3 Å². The third-order valence-corrected chi connectivity index (χ3v) is 5.00. The van der Waals surface area contributed by atoms with Crippen molar-refractivity contribution in [2.24, 2.45) is 0 Å². The van der Waals surface area contributed by atoms with Crippen molar-refractivity contribution in [3.05, 3.63) is 41.7 Å². The summed E-state index contributed by atoms with van der Waals surface area (Å²) in [5, 5.41) is 4.78. The van der Waals surface area contributed by atoms with Crippen molar-refractivity contribution in [3.8, 4) is 0 Å².